The van der Waals surface area contributed by atoms with Gasteiger partial charge in [0.2, 0.25) is 11.8 Å². The second kappa shape index (κ2) is 13.5. The molecule has 214 valence electrons. The van der Waals surface area contributed by atoms with E-state index in [2.05, 4.69) is 10.6 Å². The van der Waals surface area contributed by atoms with Crippen LogP contribution in [0.1, 0.15) is 55.7 Å². The van der Waals surface area contributed by atoms with Gasteiger partial charge in [-0.2, -0.15) is 0 Å². The van der Waals surface area contributed by atoms with E-state index in [0.29, 0.717) is 12.8 Å². The number of halogens is 2. The molecule has 0 aromatic heterocycles. The van der Waals surface area contributed by atoms with E-state index in [0.717, 1.165) is 42.2 Å². The molecular formula is C28H37F2N3O5S. The number of rotatable bonds is 16. The highest BCUT2D eigenvalue weighted by atomic mass is 32.2. The average Bonchev–Trinajstić information content (AvgIpc) is 3.65. The lowest BCUT2D eigenvalue weighted by atomic mass is 9.98. The molecular weight excluding hydrogens is 528 g/mol. The number of primary amides is 1. The van der Waals surface area contributed by atoms with E-state index in [1.165, 1.54) is 0 Å². The number of hydrogen-bond acceptors (Lipinski definition) is 6. The third kappa shape index (κ3) is 9.66. The fraction of sp³-hybridized carbons (Fsp3) is 0.500. The SMILES string of the molecule is CCCCS(=O)(=O)CCC(=O)NC(Cc1cc(F)cc(F)c1)C(O)CNC1(c2cccc(CC(N)=O)c2)CC1. The minimum absolute atomic E-state index is 0.00194. The lowest BCUT2D eigenvalue weighted by Gasteiger charge is -2.27. The number of aliphatic hydroxyl groups excluding tert-OH is 1. The molecule has 0 bridgehead atoms. The summed E-state index contributed by atoms with van der Waals surface area (Å²) in [5.41, 5.74) is 6.87. The van der Waals surface area contributed by atoms with E-state index in [1.807, 2.05) is 31.2 Å². The van der Waals surface area contributed by atoms with Gasteiger partial charge >= 0.3 is 0 Å². The van der Waals surface area contributed by atoms with Gasteiger partial charge in [0.25, 0.3) is 0 Å². The van der Waals surface area contributed by atoms with Crippen molar-refractivity contribution in [2.75, 3.05) is 18.1 Å². The Hall–Kier alpha value is -2.89. The molecule has 0 saturated heterocycles. The zero-order chi connectivity index (χ0) is 28.6. The molecule has 39 heavy (non-hydrogen) atoms. The number of benzene rings is 2. The maximum Gasteiger partial charge on any atom is 0.221 e. The van der Waals surface area contributed by atoms with Crippen molar-refractivity contribution in [1.29, 1.82) is 0 Å². The highest BCUT2D eigenvalue weighted by Gasteiger charge is 2.44. The van der Waals surface area contributed by atoms with Crippen molar-refractivity contribution >= 4 is 21.7 Å². The largest absolute Gasteiger partial charge is 0.390 e. The number of sulfone groups is 1. The van der Waals surface area contributed by atoms with E-state index in [1.54, 1.807) is 0 Å². The Kier molecular flexibility index (Phi) is 10.6. The monoisotopic (exact) mass is 565 g/mol. The van der Waals surface area contributed by atoms with E-state index in [9.17, 15) is 31.9 Å². The van der Waals surface area contributed by atoms with E-state index in [-0.39, 0.29) is 42.9 Å². The fourth-order valence-electron chi connectivity index (χ4n) is 4.57. The third-order valence-electron chi connectivity index (χ3n) is 6.90. The van der Waals surface area contributed by atoms with Crippen molar-refractivity contribution in [1.82, 2.24) is 10.6 Å². The first-order valence-corrected chi connectivity index (χ1v) is 15.0. The molecule has 2 unspecified atom stereocenters. The Labute approximate surface area is 228 Å². The van der Waals surface area contributed by atoms with E-state index < -0.39 is 51.0 Å². The number of nitrogens with one attached hydrogen (secondary N) is 2. The lowest BCUT2D eigenvalue weighted by Crippen LogP contribution is -2.50. The molecule has 0 aliphatic heterocycles. The summed E-state index contributed by atoms with van der Waals surface area (Å²) in [6.45, 7) is 1.93. The molecule has 5 N–H and O–H groups in total. The summed E-state index contributed by atoms with van der Waals surface area (Å²) in [6.07, 6.45) is 1.43. The van der Waals surface area contributed by atoms with Crippen LogP contribution in [-0.4, -0.2) is 55.5 Å². The summed E-state index contributed by atoms with van der Waals surface area (Å²) in [7, 11) is -3.39. The molecule has 0 radical (unpaired) electrons. The van der Waals surface area contributed by atoms with Crippen LogP contribution in [0.4, 0.5) is 8.78 Å². The first-order valence-electron chi connectivity index (χ1n) is 13.2. The number of nitrogens with two attached hydrogens (primary N) is 1. The van der Waals surface area contributed by atoms with Gasteiger partial charge in [-0.05, 0) is 54.5 Å². The highest BCUT2D eigenvalue weighted by Crippen LogP contribution is 2.45. The van der Waals surface area contributed by atoms with Crippen molar-refractivity contribution < 1.29 is 31.9 Å². The van der Waals surface area contributed by atoms with Gasteiger partial charge in [0.05, 0.1) is 30.1 Å². The first-order chi connectivity index (χ1) is 18.4. The third-order valence-corrected chi connectivity index (χ3v) is 8.63. The van der Waals surface area contributed by atoms with Crippen LogP contribution >= 0.6 is 0 Å². The van der Waals surface area contributed by atoms with Gasteiger partial charge in [-0.1, -0.05) is 37.6 Å². The summed E-state index contributed by atoms with van der Waals surface area (Å²) >= 11 is 0. The van der Waals surface area contributed by atoms with Crippen LogP contribution in [0, 0.1) is 11.6 Å². The summed E-state index contributed by atoms with van der Waals surface area (Å²) in [6, 6.07) is 9.53. The topological polar surface area (TPSA) is 139 Å². The Morgan fingerprint density at radius 3 is 2.38 bits per heavy atom. The van der Waals surface area contributed by atoms with Gasteiger partial charge in [0, 0.05) is 24.6 Å². The molecule has 1 saturated carbocycles. The van der Waals surface area contributed by atoms with E-state index in [4.69, 9.17) is 5.73 Å². The molecule has 1 aliphatic carbocycles. The maximum absolute atomic E-state index is 13.8. The molecule has 2 aromatic carbocycles. The second-order valence-electron chi connectivity index (χ2n) is 10.3. The first kappa shape index (κ1) is 30.6. The fourth-order valence-corrected chi connectivity index (χ4v) is 6.00. The second-order valence-corrected chi connectivity index (χ2v) is 12.6. The normalized spacial score (nSPS) is 15.9. The molecule has 8 nitrogen and oxygen atoms in total. The smallest absolute Gasteiger partial charge is 0.221 e. The van der Waals surface area contributed by atoms with Crippen molar-refractivity contribution in [2.24, 2.45) is 5.73 Å². The molecule has 1 aliphatic rings. The van der Waals surface area contributed by atoms with Gasteiger partial charge < -0.3 is 21.5 Å². The number of carbonyl (C=O) groups is 2. The van der Waals surface area contributed by atoms with Crippen LogP contribution in [0.15, 0.2) is 42.5 Å². The van der Waals surface area contributed by atoms with Gasteiger partial charge in [-0.25, -0.2) is 17.2 Å². The van der Waals surface area contributed by atoms with Crippen LogP contribution in [0.25, 0.3) is 0 Å². The number of aliphatic hydroxyl groups is 1. The molecule has 2 atom stereocenters. The number of carbonyl (C=O) groups excluding carboxylic acids is 2. The van der Waals surface area contributed by atoms with Crippen molar-refractivity contribution in [3.63, 3.8) is 0 Å². The minimum atomic E-state index is -3.39. The van der Waals surface area contributed by atoms with Gasteiger partial charge in [0.1, 0.15) is 11.6 Å². The summed E-state index contributed by atoms with van der Waals surface area (Å²) in [5.74, 6) is -2.89. The van der Waals surface area contributed by atoms with Crippen LogP contribution in [-0.2, 0) is 37.8 Å². The average molecular weight is 566 g/mol. The summed E-state index contributed by atoms with van der Waals surface area (Å²) in [4.78, 5) is 24.0. The van der Waals surface area contributed by atoms with Crippen molar-refractivity contribution in [2.45, 2.75) is 69.6 Å². The number of hydrogen-bond donors (Lipinski definition) is 4. The van der Waals surface area contributed by atoms with Gasteiger partial charge in [-0.3, -0.25) is 9.59 Å². The van der Waals surface area contributed by atoms with Crippen molar-refractivity contribution in [3.05, 3.63) is 70.8 Å². The number of amides is 2. The minimum Gasteiger partial charge on any atom is -0.390 e. The standard InChI is InChI=1S/C28H37F2N3O5S/c1-2-3-10-39(37,38)11-7-27(36)33-24(15-20-13-22(29)17-23(30)14-20)25(34)18-32-28(8-9-28)21-6-4-5-19(12-21)16-26(31)35/h4-6,12-14,17,24-25,32,34H,2-3,7-11,15-16,18H2,1H3,(H2,31,35)(H,33,36). The maximum atomic E-state index is 13.8. The molecule has 1 fully saturated rings. The molecule has 0 heterocycles. The predicted molar refractivity (Wildman–Crippen MR) is 144 cm³/mol. The lowest BCUT2D eigenvalue weighted by molar-refractivity contribution is -0.122. The summed E-state index contributed by atoms with van der Waals surface area (Å²) in [5, 5.41) is 17.1. The quantitative estimate of drug-likeness (QED) is 0.246. The zero-order valence-corrected chi connectivity index (χ0v) is 22.9. The Balaban J connectivity index is 1.69. The van der Waals surface area contributed by atoms with Crippen molar-refractivity contribution in [3.8, 4) is 0 Å². The van der Waals surface area contributed by atoms with Crippen LogP contribution < -0.4 is 16.4 Å². The van der Waals surface area contributed by atoms with Gasteiger partial charge in [0.15, 0.2) is 9.84 Å². The summed E-state index contributed by atoms with van der Waals surface area (Å²) < 4.78 is 52.0. The molecule has 0 spiro atoms. The predicted octanol–water partition coefficient (Wildman–Crippen LogP) is 2.26. The number of unbranched alkanes of at least 4 members (excludes halogenated alkanes) is 1. The molecule has 2 amide bonds. The molecule has 3 rings (SSSR count). The van der Waals surface area contributed by atoms with Crippen LogP contribution in [0.3, 0.4) is 0 Å². The Morgan fingerprint density at radius 2 is 1.77 bits per heavy atom. The highest BCUT2D eigenvalue weighted by molar-refractivity contribution is 7.91. The van der Waals surface area contributed by atoms with Crippen LogP contribution in [0.5, 0.6) is 0 Å². The Bertz CT molecular complexity index is 1250. The Morgan fingerprint density at radius 1 is 1.08 bits per heavy atom. The van der Waals surface area contributed by atoms with E-state index >= 15 is 0 Å². The van der Waals surface area contributed by atoms with Crippen LogP contribution in [0.2, 0.25) is 0 Å². The molecule has 11 heteroatoms. The molecule has 2 aromatic rings. The van der Waals surface area contributed by atoms with Gasteiger partial charge in [-0.15, -0.1) is 0 Å². The zero-order valence-electron chi connectivity index (χ0n) is 22.1.